The molecule has 0 spiro atoms. The fourth-order valence-corrected chi connectivity index (χ4v) is 4.68. The Hall–Kier alpha value is -6.29. The first-order valence-corrected chi connectivity index (χ1v) is 18.7. The Morgan fingerprint density at radius 2 is 0.473 bits per heavy atom. The SMILES string of the molecule is C=CC(=O)OCC(COC(=O)C=C)(COC(=O)C=C)COC(OCC(COC(=O)C=C)(COC(=O)C=C)COC(=O)C=C)C(F)(F)C(F)(F)C(F)(F)C(F)(F)C(F)(F)C(F)(F)C(F)(F)C(F)(F)C(F)(F)C(F)(F)F. The quantitative estimate of drug-likeness (QED) is 0.0203. The Bertz CT molecular complexity index is 1900. The molecule has 74 heavy (non-hydrogen) atoms. The Kier molecular flexibility index (Phi) is 22.3. The van der Waals surface area contributed by atoms with Crippen LogP contribution >= 0.6 is 0 Å². The van der Waals surface area contributed by atoms with Crippen molar-refractivity contribution < 1.29 is 159 Å². The summed E-state index contributed by atoms with van der Waals surface area (Å²) in [6, 6.07) is 0. The van der Waals surface area contributed by atoms with Crippen LogP contribution in [0, 0.1) is 10.8 Å². The normalized spacial score (nSPS) is 13.7. The van der Waals surface area contributed by atoms with Crippen LogP contribution in [0.5, 0.6) is 0 Å². The molecule has 0 heterocycles. The summed E-state index contributed by atoms with van der Waals surface area (Å²) < 4.78 is 340. The number of hydrogen-bond donors (Lipinski definition) is 0. The summed E-state index contributed by atoms with van der Waals surface area (Å²) in [5.41, 5.74) is -6.04. The van der Waals surface area contributed by atoms with E-state index in [2.05, 4.69) is 77.4 Å². The van der Waals surface area contributed by atoms with Crippen molar-refractivity contribution in [3.8, 4) is 0 Å². The number of esters is 6. The molecule has 14 nitrogen and oxygen atoms in total. The molecular formula is C39H35F21O14. The van der Waals surface area contributed by atoms with E-state index in [9.17, 15) is 85.8 Å². The predicted octanol–water partition coefficient (Wildman–Crippen LogP) is 7.97. The van der Waals surface area contributed by atoms with E-state index >= 15 is 35.1 Å². The number of ether oxygens (including phenoxy) is 8. The molecule has 0 rings (SSSR count). The number of carbonyl (C=O) groups is 6. The Labute approximate surface area is 400 Å². The van der Waals surface area contributed by atoms with Crippen LogP contribution in [-0.4, -0.2) is 154 Å². The van der Waals surface area contributed by atoms with Gasteiger partial charge in [-0.25, -0.2) is 28.8 Å². The Balaban J connectivity index is 8.63. The van der Waals surface area contributed by atoms with Crippen molar-refractivity contribution in [2.24, 2.45) is 10.8 Å². The molecule has 422 valence electrons. The number of carbonyl (C=O) groups excluding carboxylic acids is 6. The predicted molar refractivity (Wildman–Crippen MR) is 198 cm³/mol. The average molecular weight is 1130 g/mol. The second-order valence-electron chi connectivity index (χ2n) is 14.5. The summed E-state index contributed by atoms with van der Waals surface area (Å²) in [6.45, 7) is 3.12. The van der Waals surface area contributed by atoms with Crippen molar-refractivity contribution in [1.29, 1.82) is 0 Å². The molecule has 0 unspecified atom stereocenters. The maximum Gasteiger partial charge on any atom is 0.460 e. The highest BCUT2D eigenvalue weighted by Gasteiger charge is 2.98. The Morgan fingerprint density at radius 3 is 0.649 bits per heavy atom. The molecule has 0 aromatic rings. The van der Waals surface area contributed by atoms with Crippen LogP contribution in [0.1, 0.15) is 0 Å². The lowest BCUT2D eigenvalue weighted by Gasteiger charge is -2.45. The number of halogens is 21. The number of alkyl halides is 21. The summed E-state index contributed by atoms with van der Waals surface area (Å²) >= 11 is 0. The van der Waals surface area contributed by atoms with Crippen LogP contribution < -0.4 is 0 Å². The molecule has 0 aliphatic rings. The van der Waals surface area contributed by atoms with Crippen molar-refractivity contribution >= 4 is 35.8 Å². The largest absolute Gasteiger partial charge is 0.462 e. The summed E-state index contributed by atoms with van der Waals surface area (Å²) in [4.78, 5) is 72.0. The van der Waals surface area contributed by atoms with Gasteiger partial charge in [0.15, 0.2) is 0 Å². The average Bonchev–Trinajstić information content (AvgIpc) is 3.32. The molecule has 35 heteroatoms. The van der Waals surface area contributed by atoms with Gasteiger partial charge in [0.25, 0.3) is 0 Å². The maximum absolute atomic E-state index is 16.3. The standard InChI is InChI=1S/C39H35F21O14/c1-7-21(61)67-13-28(14-68-22(62)8-2,15-69-23(63)9-3)19-73-27(74-20-29(16-70-24(64)10-4,17-71-25(65)11-5)18-72-26(66)12-6)30(40,41)31(42,43)32(44,45)33(46,47)34(48,49)35(50,51)36(52,53)37(54,55)38(56,57)39(58,59)60/h7-12,27H,1-6,13-20H2. The summed E-state index contributed by atoms with van der Waals surface area (Å²) in [6.07, 6.45) is -11.6. The zero-order chi connectivity index (χ0) is 58.6. The van der Waals surface area contributed by atoms with Gasteiger partial charge >= 0.3 is 95.3 Å². The van der Waals surface area contributed by atoms with Gasteiger partial charge in [-0.1, -0.05) is 39.5 Å². The van der Waals surface area contributed by atoms with Crippen LogP contribution in [0.3, 0.4) is 0 Å². The fourth-order valence-electron chi connectivity index (χ4n) is 4.68. The molecule has 0 aliphatic carbocycles. The van der Waals surface area contributed by atoms with E-state index in [1.165, 1.54) is 0 Å². The van der Waals surface area contributed by atoms with Gasteiger partial charge in [0.1, 0.15) is 39.6 Å². The third-order valence-corrected chi connectivity index (χ3v) is 9.04. The van der Waals surface area contributed by atoms with Crippen molar-refractivity contribution in [1.82, 2.24) is 0 Å². The van der Waals surface area contributed by atoms with Gasteiger partial charge < -0.3 is 37.9 Å². The molecule has 0 aromatic heterocycles. The van der Waals surface area contributed by atoms with Crippen LogP contribution in [0.15, 0.2) is 75.9 Å². The lowest BCUT2D eigenvalue weighted by molar-refractivity contribution is -0.479. The molecule has 0 atom stereocenters. The lowest BCUT2D eigenvalue weighted by atomic mass is 9.86. The molecule has 0 bridgehead atoms. The van der Waals surface area contributed by atoms with E-state index in [1.54, 1.807) is 0 Å². The summed E-state index contributed by atoms with van der Waals surface area (Å²) in [5, 5.41) is 0. The number of hydrogen-bond acceptors (Lipinski definition) is 14. The minimum absolute atomic E-state index is 0.287. The summed E-state index contributed by atoms with van der Waals surface area (Å²) in [7, 11) is 0. The van der Waals surface area contributed by atoms with Gasteiger partial charge in [0.05, 0.1) is 24.0 Å². The van der Waals surface area contributed by atoms with Crippen LogP contribution in [0.2, 0.25) is 0 Å². The van der Waals surface area contributed by atoms with Gasteiger partial charge in [0, 0.05) is 36.5 Å². The second kappa shape index (κ2) is 24.4. The maximum atomic E-state index is 16.3. The van der Waals surface area contributed by atoms with Crippen LogP contribution in [0.4, 0.5) is 92.2 Å². The van der Waals surface area contributed by atoms with E-state index < -0.39 is 165 Å². The van der Waals surface area contributed by atoms with Gasteiger partial charge in [0.2, 0.25) is 6.29 Å². The zero-order valence-corrected chi connectivity index (χ0v) is 36.6. The first kappa shape index (κ1) is 67.7. The topological polar surface area (TPSA) is 176 Å². The van der Waals surface area contributed by atoms with Gasteiger partial charge in [-0.3, -0.25) is 0 Å². The van der Waals surface area contributed by atoms with Gasteiger partial charge in [-0.15, -0.1) is 0 Å². The second-order valence-corrected chi connectivity index (χ2v) is 14.5. The van der Waals surface area contributed by atoms with Crippen molar-refractivity contribution in [3.63, 3.8) is 0 Å². The molecule has 0 saturated heterocycles. The van der Waals surface area contributed by atoms with Gasteiger partial charge in [-0.2, -0.15) is 92.2 Å². The first-order chi connectivity index (χ1) is 33.3. The molecule has 0 aliphatic heterocycles. The lowest BCUT2D eigenvalue weighted by Crippen LogP contribution is -2.77. The van der Waals surface area contributed by atoms with Crippen molar-refractivity contribution in [3.05, 3.63) is 75.9 Å². The minimum atomic E-state index is -9.59. The van der Waals surface area contributed by atoms with E-state index in [1.807, 2.05) is 0 Å². The third kappa shape index (κ3) is 13.9. The highest BCUT2D eigenvalue weighted by Crippen LogP contribution is 2.66. The summed E-state index contributed by atoms with van der Waals surface area (Å²) in [5.74, 6) is -91.4. The molecule has 0 amide bonds. The molecule has 0 N–H and O–H groups in total. The molecule has 0 radical (unpaired) electrons. The smallest absolute Gasteiger partial charge is 0.460 e. The van der Waals surface area contributed by atoms with E-state index in [0.29, 0.717) is 0 Å². The van der Waals surface area contributed by atoms with E-state index in [-0.39, 0.29) is 36.5 Å². The number of rotatable bonds is 33. The van der Waals surface area contributed by atoms with Gasteiger partial charge in [-0.05, 0) is 0 Å². The van der Waals surface area contributed by atoms with E-state index in [0.717, 1.165) is 0 Å². The molecule has 0 saturated carbocycles. The zero-order valence-electron chi connectivity index (χ0n) is 36.6. The monoisotopic (exact) mass is 1130 g/mol. The first-order valence-electron chi connectivity index (χ1n) is 18.7. The van der Waals surface area contributed by atoms with Crippen LogP contribution in [0.25, 0.3) is 0 Å². The molecular weight excluding hydrogens is 1090 g/mol. The highest BCUT2D eigenvalue weighted by atomic mass is 19.4. The minimum Gasteiger partial charge on any atom is -0.462 e. The molecule has 0 fully saturated rings. The Morgan fingerprint density at radius 1 is 0.297 bits per heavy atom. The fraction of sp³-hybridized carbons (Fsp3) is 0.538. The van der Waals surface area contributed by atoms with E-state index in [4.69, 9.17) is 0 Å². The molecule has 0 aromatic carbocycles. The van der Waals surface area contributed by atoms with Crippen molar-refractivity contribution in [2.45, 2.75) is 65.8 Å². The van der Waals surface area contributed by atoms with Crippen molar-refractivity contribution in [2.75, 3.05) is 52.9 Å². The third-order valence-electron chi connectivity index (χ3n) is 9.04. The highest BCUT2D eigenvalue weighted by molar-refractivity contribution is 5.83. The van der Waals surface area contributed by atoms with Crippen LogP contribution in [-0.2, 0) is 66.7 Å².